The molecule has 0 amide bonds. The van der Waals surface area contributed by atoms with E-state index in [1.54, 1.807) is 14.2 Å². The molecule has 2 rings (SSSR count). The lowest BCUT2D eigenvalue weighted by Gasteiger charge is -2.14. The maximum Gasteiger partial charge on any atom is 0.124 e. The van der Waals surface area contributed by atoms with E-state index in [0.717, 1.165) is 17.9 Å². The van der Waals surface area contributed by atoms with Crippen molar-refractivity contribution in [2.45, 2.75) is 34.1 Å². The van der Waals surface area contributed by atoms with Gasteiger partial charge in [0, 0.05) is 0 Å². The molecule has 0 radical (unpaired) electrons. The van der Waals surface area contributed by atoms with Crippen LogP contribution >= 0.6 is 0 Å². The van der Waals surface area contributed by atoms with Crippen molar-refractivity contribution in [3.63, 3.8) is 0 Å². The van der Waals surface area contributed by atoms with Gasteiger partial charge in [-0.3, -0.25) is 0 Å². The van der Waals surface area contributed by atoms with Gasteiger partial charge in [0.25, 0.3) is 0 Å². The summed E-state index contributed by atoms with van der Waals surface area (Å²) < 4.78 is 10.9. The molecule has 2 aromatic rings. The van der Waals surface area contributed by atoms with E-state index in [-0.39, 0.29) is 0 Å². The smallest absolute Gasteiger partial charge is 0.124 e. The predicted molar refractivity (Wildman–Crippen MR) is 87.7 cm³/mol. The number of hydrogen-bond donors (Lipinski definition) is 0. The normalized spacial score (nSPS) is 10.6. The Bertz CT molecular complexity index is 553. The lowest BCUT2D eigenvalue weighted by molar-refractivity contribution is 0.408. The topological polar surface area (TPSA) is 18.5 Å². The molecule has 0 aromatic heterocycles. The highest BCUT2D eigenvalue weighted by Crippen LogP contribution is 2.28. The van der Waals surface area contributed by atoms with Crippen molar-refractivity contribution in [1.82, 2.24) is 0 Å². The monoisotopic (exact) mass is 284 g/mol. The van der Waals surface area contributed by atoms with Crippen molar-refractivity contribution < 1.29 is 9.47 Å². The Hall–Kier alpha value is -1.96. The summed E-state index contributed by atoms with van der Waals surface area (Å²) >= 11 is 0. The molecule has 0 bridgehead atoms. The van der Waals surface area contributed by atoms with Gasteiger partial charge in [-0.15, -0.1) is 0 Å². The second-order valence-corrected chi connectivity index (χ2v) is 5.70. The van der Waals surface area contributed by atoms with Crippen LogP contribution in [0.4, 0.5) is 0 Å². The first-order valence-corrected chi connectivity index (χ1v) is 7.24. The van der Waals surface area contributed by atoms with E-state index in [1.807, 2.05) is 0 Å². The van der Waals surface area contributed by atoms with Crippen LogP contribution in [0.2, 0.25) is 0 Å². The van der Waals surface area contributed by atoms with Crippen molar-refractivity contribution in [3.8, 4) is 11.5 Å². The van der Waals surface area contributed by atoms with Crippen LogP contribution in [-0.2, 0) is 6.42 Å². The van der Waals surface area contributed by atoms with Crippen LogP contribution < -0.4 is 9.47 Å². The van der Waals surface area contributed by atoms with Crippen LogP contribution in [0, 0.1) is 27.7 Å². The van der Waals surface area contributed by atoms with Gasteiger partial charge in [0.15, 0.2) is 0 Å². The van der Waals surface area contributed by atoms with Crippen molar-refractivity contribution >= 4 is 0 Å². The van der Waals surface area contributed by atoms with Crippen LogP contribution in [0.3, 0.4) is 0 Å². The van der Waals surface area contributed by atoms with Gasteiger partial charge < -0.3 is 9.47 Å². The summed E-state index contributed by atoms with van der Waals surface area (Å²) in [6.07, 6.45) is 0.928. The van der Waals surface area contributed by atoms with E-state index in [9.17, 15) is 0 Å². The summed E-state index contributed by atoms with van der Waals surface area (Å²) in [7, 11) is 3.45. The van der Waals surface area contributed by atoms with Crippen molar-refractivity contribution in [2.75, 3.05) is 14.2 Å². The number of ether oxygens (including phenoxy) is 2. The van der Waals surface area contributed by atoms with Crippen molar-refractivity contribution in [1.29, 1.82) is 0 Å². The van der Waals surface area contributed by atoms with E-state index < -0.39 is 0 Å². The number of rotatable bonds is 4. The summed E-state index contributed by atoms with van der Waals surface area (Å²) in [5.41, 5.74) is 7.39. The highest BCUT2D eigenvalue weighted by atomic mass is 16.5. The fourth-order valence-corrected chi connectivity index (χ4v) is 3.16. The fourth-order valence-electron chi connectivity index (χ4n) is 3.16. The SMILES string of the molecule is COc1c(C)cc(Cc2cc(C)c(OC)c(C)c2)cc1C. The van der Waals surface area contributed by atoms with Crippen molar-refractivity contribution in [3.05, 3.63) is 57.6 Å². The number of methoxy groups -OCH3 is 2. The molecule has 2 nitrogen and oxygen atoms in total. The highest BCUT2D eigenvalue weighted by molar-refractivity contribution is 5.47. The first-order chi connectivity index (χ1) is 9.96. The van der Waals surface area contributed by atoms with Gasteiger partial charge in [0.1, 0.15) is 11.5 Å². The summed E-state index contributed by atoms with van der Waals surface area (Å²) in [6.45, 7) is 8.39. The minimum atomic E-state index is 0.928. The lowest BCUT2D eigenvalue weighted by atomic mass is 9.97. The second-order valence-electron chi connectivity index (χ2n) is 5.70. The molecule has 0 fully saturated rings. The fraction of sp³-hybridized carbons (Fsp3) is 0.368. The molecule has 0 atom stereocenters. The lowest BCUT2D eigenvalue weighted by Crippen LogP contribution is -1.98. The molecule has 0 spiro atoms. The van der Waals surface area contributed by atoms with Gasteiger partial charge >= 0.3 is 0 Å². The van der Waals surface area contributed by atoms with Crippen LogP contribution in [0.25, 0.3) is 0 Å². The summed E-state index contributed by atoms with van der Waals surface area (Å²) in [5.74, 6) is 1.97. The zero-order chi connectivity index (χ0) is 15.6. The molecule has 21 heavy (non-hydrogen) atoms. The van der Waals surface area contributed by atoms with Gasteiger partial charge in [0.05, 0.1) is 14.2 Å². The quantitative estimate of drug-likeness (QED) is 0.821. The minimum absolute atomic E-state index is 0.928. The van der Waals surface area contributed by atoms with Gasteiger partial charge in [-0.2, -0.15) is 0 Å². The highest BCUT2D eigenvalue weighted by Gasteiger charge is 2.09. The van der Waals surface area contributed by atoms with E-state index in [2.05, 4.69) is 52.0 Å². The summed E-state index contributed by atoms with van der Waals surface area (Å²) in [5, 5.41) is 0. The number of hydrogen-bond acceptors (Lipinski definition) is 2. The second kappa shape index (κ2) is 6.21. The number of benzene rings is 2. The van der Waals surface area contributed by atoms with Gasteiger partial charge in [-0.25, -0.2) is 0 Å². The minimum Gasteiger partial charge on any atom is -0.496 e. The average Bonchev–Trinajstić information content (AvgIpc) is 2.38. The van der Waals surface area contributed by atoms with E-state index in [1.165, 1.54) is 33.4 Å². The largest absolute Gasteiger partial charge is 0.496 e. The molecule has 0 unspecified atom stereocenters. The third-order valence-corrected chi connectivity index (χ3v) is 3.86. The molecule has 0 heterocycles. The zero-order valence-corrected chi connectivity index (χ0v) is 13.8. The molecule has 0 aliphatic carbocycles. The first kappa shape index (κ1) is 15.4. The average molecular weight is 284 g/mol. The Morgan fingerprint density at radius 2 is 0.905 bits per heavy atom. The Labute approximate surface area is 127 Å². The molecular formula is C19H24O2. The Kier molecular flexibility index (Phi) is 4.56. The standard InChI is InChI=1S/C19H24O2/c1-12-7-16(8-13(2)18(12)20-5)11-17-9-14(3)19(21-6)15(4)10-17/h7-10H,11H2,1-6H3. The van der Waals surface area contributed by atoms with Crippen LogP contribution in [0.15, 0.2) is 24.3 Å². The molecular weight excluding hydrogens is 260 g/mol. The van der Waals surface area contributed by atoms with Gasteiger partial charge in [-0.05, 0) is 67.5 Å². The molecule has 0 saturated heterocycles. The van der Waals surface area contributed by atoms with Gasteiger partial charge in [-0.1, -0.05) is 24.3 Å². The maximum atomic E-state index is 5.43. The zero-order valence-electron chi connectivity index (χ0n) is 13.8. The van der Waals surface area contributed by atoms with E-state index in [4.69, 9.17) is 9.47 Å². The first-order valence-electron chi connectivity index (χ1n) is 7.24. The third kappa shape index (κ3) is 3.21. The maximum absolute atomic E-state index is 5.43. The predicted octanol–water partition coefficient (Wildman–Crippen LogP) is 4.53. The summed E-state index contributed by atoms with van der Waals surface area (Å²) in [6, 6.07) is 8.84. The molecule has 0 N–H and O–H groups in total. The molecule has 0 aliphatic rings. The molecule has 0 saturated carbocycles. The van der Waals surface area contributed by atoms with Crippen LogP contribution in [0.5, 0.6) is 11.5 Å². The number of aryl methyl sites for hydroxylation is 4. The van der Waals surface area contributed by atoms with Crippen LogP contribution in [-0.4, -0.2) is 14.2 Å². The van der Waals surface area contributed by atoms with Crippen molar-refractivity contribution in [2.24, 2.45) is 0 Å². The van der Waals surface area contributed by atoms with E-state index >= 15 is 0 Å². The van der Waals surface area contributed by atoms with Crippen LogP contribution in [0.1, 0.15) is 33.4 Å². The summed E-state index contributed by atoms with van der Waals surface area (Å²) in [4.78, 5) is 0. The van der Waals surface area contributed by atoms with E-state index in [0.29, 0.717) is 0 Å². The molecule has 2 aromatic carbocycles. The van der Waals surface area contributed by atoms with Gasteiger partial charge in [0.2, 0.25) is 0 Å². The Morgan fingerprint density at radius 1 is 0.619 bits per heavy atom. The molecule has 0 aliphatic heterocycles. The molecule has 2 heteroatoms. The third-order valence-electron chi connectivity index (χ3n) is 3.86. The Balaban J connectivity index is 2.35. The Morgan fingerprint density at radius 3 is 1.14 bits per heavy atom. The molecule has 112 valence electrons.